The van der Waals surface area contributed by atoms with Gasteiger partial charge >= 0.3 is 0 Å². The highest BCUT2D eigenvalue weighted by atomic mass is 32.2. The van der Waals surface area contributed by atoms with Crippen molar-refractivity contribution in [2.75, 3.05) is 27.7 Å². The SMILES string of the molecule is COc1ccc(C(CNS(=O)(=O)Cc2ccc(F)cc2)N(C)C)cc1. The third-order valence-corrected chi connectivity index (χ3v) is 5.21. The Kier molecular flexibility index (Phi) is 6.52. The van der Waals surface area contributed by atoms with Crippen molar-refractivity contribution in [1.82, 2.24) is 9.62 Å². The number of likely N-dealkylation sites (N-methyl/N-ethyl adjacent to an activating group) is 1. The number of rotatable bonds is 8. The molecule has 5 nitrogen and oxygen atoms in total. The summed E-state index contributed by atoms with van der Waals surface area (Å²) in [6, 6.07) is 12.9. The third-order valence-electron chi connectivity index (χ3n) is 3.89. The quantitative estimate of drug-likeness (QED) is 0.780. The molecule has 0 bridgehead atoms. The molecule has 0 saturated carbocycles. The summed E-state index contributed by atoms with van der Waals surface area (Å²) in [4.78, 5) is 1.95. The minimum atomic E-state index is -3.52. The van der Waals surface area contributed by atoms with Crippen LogP contribution in [0.1, 0.15) is 17.2 Å². The van der Waals surface area contributed by atoms with Gasteiger partial charge < -0.3 is 9.64 Å². The average Bonchev–Trinajstić information content (AvgIpc) is 2.57. The number of sulfonamides is 1. The molecule has 0 aliphatic rings. The van der Waals surface area contributed by atoms with Crippen molar-refractivity contribution in [2.24, 2.45) is 0 Å². The zero-order chi connectivity index (χ0) is 18.4. The summed E-state index contributed by atoms with van der Waals surface area (Å²) in [5.74, 6) is 0.176. The van der Waals surface area contributed by atoms with Crippen molar-refractivity contribution in [1.29, 1.82) is 0 Å². The molecule has 0 aliphatic carbocycles. The van der Waals surface area contributed by atoms with E-state index in [4.69, 9.17) is 4.74 Å². The number of ether oxygens (including phenoxy) is 1. The van der Waals surface area contributed by atoms with E-state index in [1.165, 1.54) is 24.3 Å². The van der Waals surface area contributed by atoms with E-state index in [0.29, 0.717) is 5.56 Å². The van der Waals surface area contributed by atoms with Crippen molar-refractivity contribution < 1.29 is 17.5 Å². The van der Waals surface area contributed by atoms with Gasteiger partial charge in [0.2, 0.25) is 10.0 Å². The molecule has 0 amide bonds. The minimum absolute atomic E-state index is 0.117. The Balaban J connectivity index is 2.05. The molecule has 25 heavy (non-hydrogen) atoms. The smallest absolute Gasteiger partial charge is 0.215 e. The molecule has 0 spiro atoms. The highest BCUT2D eigenvalue weighted by molar-refractivity contribution is 7.88. The van der Waals surface area contributed by atoms with E-state index >= 15 is 0 Å². The predicted molar refractivity (Wildman–Crippen MR) is 96.4 cm³/mol. The van der Waals surface area contributed by atoms with Gasteiger partial charge in [0.15, 0.2) is 0 Å². The van der Waals surface area contributed by atoms with E-state index in [2.05, 4.69) is 4.72 Å². The second-order valence-electron chi connectivity index (χ2n) is 5.99. The van der Waals surface area contributed by atoms with Crippen molar-refractivity contribution in [3.05, 3.63) is 65.5 Å². The second kappa shape index (κ2) is 8.42. The fraction of sp³-hybridized carbons (Fsp3) is 0.333. The largest absolute Gasteiger partial charge is 0.497 e. The van der Waals surface area contributed by atoms with Crippen molar-refractivity contribution >= 4 is 10.0 Å². The minimum Gasteiger partial charge on any atom is -0.497 e. The summed E-state index contributed by atoms with van der Waals surface area (Å²) in [5, 5.41) is 0. The van der Waals surface area contributed by atoms with Gasteiger partial charge in [-0.3, -0.25) is 0 Å². The first-order chi connectivity index (χ1) is 11.8. The number of nitrogens with zero attached hydrogens (tertiary/aromatic N) is 1. The van der Waals surface area contributed by atoms with E-state index < -0.39 is 10.0 Å². The lowest BCUT2D eigenvalue weighted by Gasteiger charge is -2.25. The Hall–Kier alpha value is -1.96. The molecule has 0 fully saturated rings. The first kappa shape index (κ1) is 19.4. The molecule has 0 heterocycles. The van der Waals surface area contributed by atoms with Crippen molar-refractivity contribution in [3.8, 4) is 5.75 Å². The van der Waals surface area contributed by atoms with Crippen LogP contribution in [0.4, 0.5) is 4.39 Å². The maximum absolute atomic E-state index is 12.9. The van der Waals surface area contributed by atoms with Crippen LogP contribution in [0.3, 0.4) is 0 Å². The first-order valence-corrected chi connectivity index (χ1v) is 9.48. The lowest BCUT2D eigenvalue weighted by molar-refractivity contribution is 0.299. The molecular formula is C18H23FN2O3S. The van der Waals surface area contributed by atoms with Crippen LogP contribution in [-0.4, -0.2) is 41.1 Å². The second-order valence-corrected chi connectivity index (χ2v) is 7.79. The standard InChI is InChI=1S/C18H23FN2O3S/c1-21(2)18(15-6-10-17(24-3)11-7-15)12-20-25(22,23)13-14-4-8-16(19)9-5-14/h4-11,18,20H,12-13H2,1-3H3. The van der Waals surface area contributed by atoms with Gasteiger partial charge in [0.25, 0.3) is 0 Å². The van der Waals surface area contributed by atoms with E-state index in [1.54, 1.807) is 7.11 Å². The normalized spacial score (nSPS) is 13.0. The molecule has 2 rings (SSSR count). The number of hydrogen-bond donors (Lipinski definition) is 1. The van der Waals surface area contributed by atoms with Crippen LogP contribution in [0.2, 0.25) is 0 Å². The maximum Gasteiger partial charge on any atom is 0.215 e. The highest BCUT2D eigenvalue weighted by Gasteiger charge is 2.18. The molecular weight excluding hydrogens is 343 g/mol. The summed E-state index contributed by atoms with van der Waals surface area (Å²) in [6.07, 6.45) is 0. The summed E-state index contributed by atoms with van der Waals surface area (Å²) in [6.45, 7) is 0.239. The predicted octanol–water partition coefficient (Wildman–Crippen LogP) is 2.56. The third kappa shape index (κ3) is 5.81. The van der Waals surface area contributed by atoms with Crippen molar-refractivity contribution in [3.63, 3.8) is 0 Å². The van der Waals surface area contributed by atoms with Gasteiger partial charge in [0.1, 0.15) is 11.6 Å². The van der Waals surface area contributed by atoms with Gasteiger partial charge in [-0.05, 0) is 49.5 Å². The number of halogens is 1. The van der Waals surface area contributed by atoms with E-state index in [0.717, 1.165) is 11.3 Å². The number of hydrogen-bond acceptors (Lipinski definition) is 4. The Morgan fingerprint density at radius 1 is 1.08 bits per heavy atom. The molecule has 136 valence electrons. The maximum atomic E-state index is 12.9. The molecule has 1 unspecified atom stereocenters. The van der Waals surface area contributed by atoms with Gasteiger partial charge in [-0.25, -0.2) is 17.5 Å². The van der Waals surface area contributed by atoms with Gasteiger partial charge in [0, 0.05) is 12.6 Å². The molecule has 2 aromatic rings. The Labute approximate surface area is 148 Å². The summed E-state index contributed by atoms with van der Waals surface area (Å²) in [7, 11) is 1.86. The molecule has 2 aromatic carbocycles. The topological polar surface area (TPSA) is 58.6 Å². The average molecular weight is 366 g/mol. The molecule has 0 aliphatic heterocycles. The van der Waals surface area contributed by atoms with Crippen LogP contribution in [0, 0.1) is 5.82 Å². The number of nitrogens with one attached hydrogen (secondary N) is 1. The van der Waals surface area contributed by atoms with Gasteiger partial charge in [0.05, 0.1) is 12.9 Å². The molecule has 1 N–H and O–H groups in total. The van der Waals surface area contributed by atoms with Crippen LogP contribution in [0.15, 0.2) is 48.5 Å². The van der Waals surface area contributed by atoms with Crippen LogP contribution < -0.4 is 9.46 Å². The van der Waals surface area contributed by atoms with Gasteiger partial charge in [-0.1, -0.05) is 24.3 Å². The fourth-order valence-electron chi connectivity index (χ4n) is 2.48. The van der Waals surface area contributed by atoms with Crippen LogP contribution in [0.25, 0.3) is 0 Å². The van der Waals surface area contributed by atoms with Gasteiger partial charge in [-0.2, -0.15) is 0 Å². The van der Waals surface area contributed by atoms with Gasteiger partial charge in [-0.15, -0.1) is 0 Å². The molecule has 0 aromatic heterocycles. The van der Waals surface area contributed by atoms with E-state index in [9.17, 15) is 12.8 Å². The molecule has 0 saturated heterocycles. The van der Waals surface area contributed by atoms with Crippen LogP contribution >= 0.6 is 0 Å². The summed E-state index contributed by atoms with van der Waals surface area (Å²) < 4.78 is 45.3. The van der Waals surface area contributed by atoms with Crippen LogP contribution in [0.5, 0.6) is 5.75 Å². The number of benzene rings is 2. The Bertz CT molecular complexity index is 775. The zero-order valence-electron chi connectivity index (χ0n) is 14.6. The molecule has 7 heteroatoms. The summed E-state index contributed by atoms with van der Waals surface area (Å²) >= 11 is 0. The van der Waals surface area contributed by atoms with Crippen molar-refractivity contribution in [2.45, 2.75) is 11.8 Å². The van der Waals surface area contributed by atoms with Crippen LogP contribution in [-0.2, 0) is 15.8 Å². The Morgan fingerprint density at radius 3 is 2.20 bits per heavy atom. The lowest BCUT2D eigenvalue weighted by atomic mass is 10.1. The highest BCUT2D eigenvalue weighted by Crippen LogP contribution is 2.21. The number of methoxy groups -OCH3 is 1. The fourth-order valence-corrected chi connectivity index (χ4v) is 3.63. The molecule has 0 radical (unpaired) electrons. The van der Waals surface area contributed by atoms with E-state index in [1.807, 2.05) is 43.3 Å². The molecule has 1 atom stereocenters. The van der Waals surface area contributed by atoms with E-state index in [-0.39, 0.29) is 24.2 Å². The zero-order valence-corrected chi connectivity index (χ0v) is 15.4. The first-order valence-electron chi connectivity index (χ1n) is 7.83. The Morgan fingerprint density at radius 2 is 1.68 bits per heavy atom. The lowest BCUT2D eigenvalue weighted by Crippen LogP contribution is -2.35. The monoisotopic (exact) mass is 366 g/mol. The summed E-state index contributed by atoms with van der Waals surface area (Å²) in [5.41, 5.74) is 1.52.